The molecule has 1 fully saturated rings. The van der Waals surface area contributed by atoms with Gasteiger partial charge in [0.25, 0.3) is 0 Å². The van der Waals surface area contributed by atoms with E-state index in [-0.39, 0.29) is 5.91 Å². The highest BCUT2D eigenvalue weighted by Crippen LogP contribution is 2.26. The van der Waals surface area contributed by atoms with Crippen LogP contribution in [0.5, 0.6) is 0 Å². The lowest BCUT2D eigenvalue weighted by Crippen LogP contribution is -2.14. The van der Waals surface area contributed by atoms with Gasteiger partial charge in [0.15, 0.2) is 5.13 Å². The minimum atomic E-state index is 0.0601. The molecular weight excluding hydrogens is 342 g/mol. The lowest BCUT2D eigenvalue weighted by Gasteiger charge is -2.06. The van der Waals surface area contributed by atoms with Gasteiger partial charge in [-0.15, -0.1) is 11.3 Å². The second-order valence-electron chi connectivity index (χ2n) is 6.28. The van der Waals surface area contributed by atoms with Crippen LogP contribution >= 0.6 is 22.9 Å². The van der Waals surface area contributed by atoms with Gasteiger partial charge in [-0.2, -0.15) is 0 Å². The Morgan fingerprint density at radius 3 is 3.12 bits per heavy atom. The smallest absolute Gasteiger partial charge is 0.226 e. The van der Waals surface area contributed by atoms with Gasteiger partial charge in [0, 0.05) is 22.7 Å². The molecule has 2 aromatic rings. The van der Waals surface area contributed by atoms with Gasteiger partial charge in [-0.3, -0.25) is 4.79 Å². The summed E-state index contributed by atoms with van der Waals surface area (Å²) in [6, 6.07) is 7.85. The first-order valence-electron chi connectivity index (χ1n) is 8.31. The zero-order chi connectivity index (χ0) is 16.9. The molecule has 128 valence electrons. The molecule has 1 aromatic carbocycles. The van der Waals surface area contributed by atoms with Crippen LogP contribution in [0, 0.1) is 12.8 Å². The highest BCUT2D eigenvalue weighted by atomic mass is 35.5. The van der Waals surface area contributed by atoms with Crippen LogP contribution < -0.4 is 10.6 Å². The number of hydrogen-bond acceptors (Lipinski definition) is 4. The van der Waals surface area contributed by atoms with Crippen LogP contribution in [0.25, 0.3) is 0 Å². The normalized spacial score (nSPS) is 17.2. The summed E-state index contributed by atoms with van der Waals surface area (Å²) < 4.78 is 0. The molecule has 1 aliphatic rings. The first-order chi connectivity index (χ1) is 11.6. The number of halogens is 1. The Bertz CT molecular complexity index is 710. The number of aryl methyl sites for hydroxylation is 1. The van der Waals surface area contributed by atoms with Crippen molar-refractivity contribution in [2.75, 3.05) is 18.4 Å². The van der Waals surface area contributed by atoms with Crippen molar-refractivity contribution in [3.05, 3.63) is 45.4 Å². The van der Waals surface area contributed by atoms with E-state index >= 15 is 0 Å². The van der Waals surface area contributed by atoms with Crippen LogP contribution in [-0.4, -0.2) is 24.0 Å². The Labute approximate surface area is 151 Å². The van der Waals surface area contributed by atoms with E-state index in [2.05, 4.69) is 21.7 Å². The molecule has 1 atom stereocenters. The van der Waals surface area contributed by atoms with E-state index in [4.69, 9.17) is 11.6 Å². The van der Waals surface area contributed by atoms with E-state index in [1.54, 1.807) is 11.3 Å². The summed E-state index contributed by atoms with van der Waals surface area (Å²) >= 11 is 7.59. The number of thiazole rings is 1. The number of nitrogens with zero attached hydrogens (tertiary/aromatic N) is 1. The van der Waals surface area contributed by atoms with E-state index < -0.39 is 0 Å². The summed E-state index contributed by atoms with van der Waals surface area (Å²) in [5.41, 5.74) is 2.12. The zero-order valence-electron chi connectivity index (χ0n) is 13.8. The standard InChI is InChI=1S/C18H22ClN3OS/c1-12-16(10-14-3-2-4-15(19)9-14)24-18(21-12)22-17(23)6-5-13-7-8-20-11-13/h2-4,9,13,20H,5-8,10-11H2,1H3,(H,21,22,23). The van der Waals surface area contributed by atoms with Crippen LogP contribution in [0.3, 0.4) is 0 Å². The van der Waals surface area contributed by atoms with Gasteiger partial charge in [-0.25, -0.2) is 4.98 Å². The minimum Gasteiger partial charge on any atom is -0.316 e. The van der Waals surface area contributed by atoms with Gasteiger partial charge in [-0.1, -0.05) is 23.7 Å². The van der Waals surface area contributed by atoms with Gasteiger partial charge >= 0.3 is 0 Å². The number of anilines is 1. The molecule has 0 saturated carbocycles. The maximum absolute atomic E-state index is 12.1. The molecule has 24 heavy (non-hydrogen) atoms. The van der Waals surface area contributed by atoms with E-state index in [9.17, 15) is 4.79 Å². The van der Waals surface area contributed by atoms with Crippen molar-refractivity contribution < 1.29 is 4.79 Å². The van der Waals surface area contributed by atoms with Gasteiger partial charge in [0.05, 0.1) is 5.69 Å². The Balaban J connectivity index is 1.56. The first-order valence-corrected chi connectivity index (χ1v) is 9.51. The highest BCUT2D eigenvalue weighted by Gasteiger charge is 2.16. The summed E-state index contributed by atoms with van der Waals surface area (Å²) in [5, 5.41) is 7.71. The van der Waals surface area contributed by atoms with Gasteiger partial charge in [0.1, 0.15) is 0 Å². The van der Waals surface area contributed by atoms with E-state index in [0.717, 1.165) is 47.1 Å². The van der Waals surface area contributed by atoms with E-state index in [0.29, 0.717) is 17.5 Å². The first kappa shape index (κ1) is 17.4. The molecule has 2 heterocycles. The second-order valence-corrected chi connectivity index (χ2v) is 7.80. The molecular formula is C18H22ClN3OS. The number of benzene rings is 1. The van der Waals surface area contributed by atoms with Gasteiger partial charge < -0.3 is 10.6 Å². The number of amides is 1. The third kappa shape index (κ3) is 4.79. The van der Waals surface area contributed by atoms with Crippen molar-refractivity contribution in [1.82, 2.24) is 10.3 Å². The zero-order valence-corrected chi connectivity index (χ0v) is 15.3. The molecule has 0 spiro atoms. The number of carbonyl (C=O) groups excluding carboxylic acids is 1. The summed E-state index contributed by atoms with van der Waals surface area (Å²) in [6.45, 7) is 4.09. The summed E-state index contributed by atoms with van der Waals surface area (Å²) in [6.07, 6.45) is 3.47. The van der Waals surface area contributed by atoms with Crippen molar-refractivity contribution in [2.24, 2.45) is 5.92 Å². The maximum Gasteiger partial charge on any atom is 0.226 e. The Morgan fingerprint density at radius 2 is 2.38 bits per heavy atom. The number of hydrogen-bond donors (Lipinski definition) is 2. The predicted octanol–water partition coefficient (Wildman–Crippen LogP) is 4.02. The molecule has 3 rings (SSSR count). The number of aromatic nitrogens is 1. The SMILES string of the molecule is Cc1nc(NC(=O)CCC2CCNC2)sc1Cc1cccc(Cl)c1. The second kappa shape index (κ2) is 8.10. The van der Waals surface area contributed by atoms with Gasteiger partial charge in [-0.05, 0) is 56.5 Å². The fraction of sp³-hybridized carbons (Fsp3) is 0.444. The average molecular weight is 364 g/mol. The summed E-state index contributed by atoms with van der Waals surface area (Å²) in [4.78, 5) is 17.8. The van der Waals surface area contributed by atoms with Crippen molar-refractivity contribution in [1.29, 1.82) is 0 Å². The molecule has 1 aromatic heterocycles. The van der Waals surface area contributed by atoms with Crippen LogP contribution in [0.15, 0.2) is 24.3 Å². The Hall–Kier alpha value is -1.43. The molecule has 6 heteroatoms. The number of carbonyl (C=O) groups is 1. The molecule has 1 unspecified atom stereocenters. The lowest BCUT2D eigenvalue weighted by molar-refractivity contribution is -0.116. The number of nitrogens with one attached hydrogen (secondary N) is 2. The van der Waals surface area contributed by atoms with E-state index in [1.165, 1.54) is 6.42 Å². The molecule has 2 N–H and O–H groups in total. The largest absolute Gasteiger partial charge is 0.316 e. The molecule has 0 bridgehead atoms. The molecule has 1 aliphatic heterocycles. The average Bonchev–Trinajstić information content (AvgIpc) is 3.16. The fourth-order valence-electron chi connectivity index (χ4n) is 2.96. The molecule has 4 nitrogen and oxygen atoms in total. The van der Waals surface area contributed by atoms with Crippen LogP contribution in [-0.2, 0) is 11.2 Å². The number of rotatable bonds is 6. The maximum atomic E-state index is 12.1. The lowest BCUT2D eigenvalue weighted by atomic mass is 10.0. The van der Waals surface area contributed by atoms with Crippen LogP contribution in [0.4, 0.5) is 5.13 Å². The van der Waals surface area contributed by atoms with Crippen LogP contribution in [0.1, 0.15) is 35.4 Å². The summed E-state index contributed by atoms with van der Waals surface area (Å²) in [5.74, 6) is 0.692. The van der Waals surface area contributed by atoms with Crippen molar-refractivity contribution in [3.63, 3.8) is 0 Å². The third-order valence-corrected chi connectivity index (χ3v) is 5.64. The topological polar surface area (TPSA) is 54.0 Å². The molecule has 0 radical (unpaired) electrons. The summed E-state index contributed by atoms with van der Waals surface area (Å²) in [7, 11) is 0. The highest BCUT2D eigenvalue weighted by molar-refractivity contribution is 7.15. The third-order valence-electron chi connectivity index (χ3n) is 4.33. The van der Waals surface area contributed by atoms with Crippen molar-refractivity contribution >= 4 is 34.0 Å². The fourth-order valence-corrected chi connectivity index (χ4v) is 4.18. The Kier molecular flexibility index (Phi) is 5.87. The quantitative estimate of drug-likeness (QED) is 0.814. The minimum absolute atomic E-state index is 0.0601. The molecule has 1 amide bonds. The van der Waals surface area contributed by atoms with Crippen LogP contribution in [0.2, 0.25) is 5.02 Å². The monoisotopic (exact) mass is 363 g/mol. The molecule has 0 aliphatic carbocycles. The molecule has 1 saturated heterocycles. The van der Waals surface area contributed by atoms with Gasteiger partial charge in [0.2, 0.25) is 5.91 Å². The van der Waals surface area contributed by atoms with Crippen molar-refractivity contribution in [3.8, 4) is 0 Å². The van der Waals surface area contributed by atoms with E-state index in [1.807, 2.05) is 25.1 Å². The van der Waals surface area contributed by atoms with Crippen molar-refractivity contribution in [2.45, 2.75) is 32.6 Å². The Morgan fingerprint density at radius 1 is 1.50 bits per heavy atom. The predicted molar refractivity (Wildman–Crippen MR) is 99.9 cm³/mol.